The Morgan fingerprint density at radius 3 is 2.37 bits per heavy atom. The first-order valence-corrected chi connectivity index (χ1v) is 11.7. The van der Waals surface area contributed by atoms with Crippen LogP contribution in [0.3, 0.4) is 0 Å². The van der Waals surface area contributed by atoms with E-state index in [0.29, 0.717) is 5.57 Å². The van der Waals surface area contributed by atoms with Crippen molar-refractivity contribution in [2.45, 2.75) is 76.8 Å². The quantitative estimate of drug-likeness (QED) is 0.331. The number of carbonyl (C=O) groups excluding carboxylic acids is 4. The van der Waals surface area contributed by atoms with Crippen LogP contribution in [-0.2, 0) is 38.1 Å². The van der Waals surface area contributed by atoms with Crippen LogP contribution in [0.2, 0.25) is 0 Å². The molecular weight excluding hydrogens is 464 g/mol. The Hall–Kier alpha value is -2.34. The maximum Gasteiger partial charge on any atom is 0.350 e. The van der Waals surface area contributed by atoms with Crippen molar-refractivity contribution in [2.75, 3.05) is 6.61 Å². The lowest BCUT2D eigenvalue weighted by atomic mass is 9.36. The minimum absolute atomic E-state index is 0.130. The van der Waals surface area contributed by atoms with Gasteiger partial charge in [-0.05, 0) is 25.3 Å². The highest BCUT2D eigenvalue weighted by Gasteiger charge is 2.89. The third kappa shape index (κ3) is 2.59. The second-order valence-electron chi connectivity index (χ2n) is 10.9. The van der Waals surface area contributed by atoms with Crippen molar-refractivity contribution in [3.8, 4) is 0 Å². The highest BCUT2D eigenvalue weighted by atomic mass is 16.7. The Morgan fingerprint density at radius 1 is 1.14 bits per heavy atom. The third-order valence-electron chi connectivity index (χ3n) is 9.40. The van der Waals surface area contributed by atoms with E-state index in [1.165, 1.54) is 13.0 Å². The molecule has 11 nitrogen and oxygen atoms in total. The number of allylic oxidation sites excluding steroid dienone is 1. The normalized spacial score (nSPS) is 52.0. The number of fused-ring (bicyclic) bond motifs is 1. The zero-order chi connectivity index (χ0) is 25.9. The van der Waals surface area contributed by atoms with E-state index >= 15 is 0 Å². The zero-order valence-electron chi connectivity index (χ0n) is 20.1. The topological polar surface area (TPSA) is 166 Å². The molecular formula is C24H30O11. The van der Waals surface area contributed by atoms with Crippen LogP contribution in [0, 0.1) is 28.6 Å². The van der Waals surface area contributed by atoms with Gasteiger partial charge >= 0.3 is 17.9 Å². The Labute approximate surface area is 201 Å². The van der Waals surface area contributed by atoms with Gasteiger partial charge in [0.15, 0.2) is 11.9 Å². The molecule has 0 radical (unpaired) electrons. The van der Waals surface area contributed by atoms with E-state index < -0.39 is 88.1 Å². The fourth-order valence-corrected chi connectivity index (χ4v) is 8.22. The number of esters is 3. The molecule has 0 unspecified atom stereocenters. The summed E-state index contributed by atoms with van der Waals surface area (Å²) in [5, 5.41) is 35.9. The van der Waals surface area contributed by atoms with Crippen molar-refractivity contribution in [3.05, 3.63) is 11.6 Å². The average Bonchev–Trinajstić information content (AvgIpc) is 3.07. The van der Waals surface area contributed by atoms with Gasteiger partial charge in [-0.2, -0.15) is 0 Å². The summed E-state index contributed by atoms with van der Waals surface area (Å²) in [6.45, 7) is 6.65. The van der Waals surface area contributed by atoms with Crippen LogP contribution in [0.5, 0.6) is 0 Å². The Bertz CT molecular complexity index is 1070. The molecule has 2 heterocycles. The van der Waals surface area contributed by atoms with Crippen molar-refractivity contribution in [1.82, 2.24) is 0 Å². The highest BCUT2D eigenvalue weighted by molar-refractivity contribution is 5.96. The minimum atomic E-state index is -2.24. The summed E-state index contributed by atoms with van der Waals surface area (Å²) in [5.41, 5.74) is -4.60. The van der Waals surface area contributed by atoms with Crippen molar-refractivity contribution in [1.29, 1.82) is 0 Å². The van der Waals surface area contributed by atoms with E-state index in [1.54, 1.807) is 13.8 Å². The lowest BCUT2D eigenvalue weighted by Crippen LogP contribution is -2.85. The van der Waals surface area contributed by atoms with Crippen LogP contribution in [0.4, 0.5) is 0 Å². The van der Waals surface area contributed by atoms with Crippen LogP contribution < -0.4 is 0 Å². The monoisotopic (exact) mass is 494 g/mol. The van der Waals surface area contributed by atoms with E-state index in [0.717, 1.165) is 13.8 Å². The van der Waals surface area contributed by atoms with E-state index in [-0.39, 0.29) is 13.0 Å². The number of ketones is 1. The molecule has 35 heavy (non-hydrogen) atoms. The van der Waals surface area contributed by atoms with Gasteiger partial charge in [-0.25, -0.2) is 4.79 Å². The Balaban J connectivity index is 1.83. The fourth-order valence-electron chi connectivity index (χ4n) is 8.22. The summed E-state index contributed by atoms with van der Waals surface area (Å²) in [5.74, 6) is -8.38. The zero-order valence-corrected chi connectivity index (χ0v) is 20.1. The number of hydrogen-bond donors (Lipinski definition) is 3. The van der Waals surface area contributed by atoms with Crippen molar-refractivity contribution >= 4 is 23.7 Å². The van der Waals surface area contributed by atoms with Gasteiger partial charge in [0.25, 0.3) is 0 Å². The van der Waals surface area contributed by atoms with Crippen LogP contribution in [0.15, 0.2) is 11.6 Å². The lowest BCUT2D eigenvalue weighted by Gasteiger charge is -2.70. The molecule has 5 aliphatic rings. The predicted octanol–water partition coefficient (Wildman–Crippen LogP) is -0.606. The molecule has 3 aliphatic carbocycles. The summed E-state index contributed by atoms with van der Waals surface area (Å²) in [6.07, 6.45) is -4.47. The van der Waals surface area contributed by atoms with Gasteiger partial charge < -0.3 is 34.3 Å². The number of hydrogen-bond acceptors (Lipinski definition) is 11. The third-order valence-corrected chi connectivity index (χ3v) is 9.40. The van der Waals surface area contributed by atoms with Crippen molar-refractivity contribution in [3.63, 3.8) is 0 Å². The smallest absolute Gasteiger partial charge is 0.350 e. The second kappa shape index (κ2) is 7.12. The number of carbonyl (C=O) groups is 4. The Kier molecular flexibility index (Phi) is 4.95. The molecule has 0 amide bonds. The largest absolute Gasteiger partial charge is 0.459 e. The van der Waals surface area contributed by atoms with Gasteiger partial charge in [-0.1, -0.05) is 19.4 Å². The van der Waals surface area contributed by atoms with Gasteiger partial charge in [-0.3, -0.25) is 14.4 Å². The van der Waals surface area contributed by atoms with Gasteiger partial charge in [0.2, 0.25) is 11.9 Å². The number of rotatable bonds is 2. The van der Waals surface area contributed by atoms with Crippen molar-refractivity contribution in [2.24, 2.45) is 28.6 Å². The first-order valence-electron chi connectivity index (χ1n) is 11.7. The maximum absolute atomic E-state index is 13.2. The highest BCUT2D eigenvalue weighted by Crippen LogP contribution is 2.75. The molecule has 11 atom stereocenters. The Morgan fingerprint density at radius 2 is 1.77 bits per heavy atom. The van der Waals surface area contributed by atoms with E-state index in [9.17, 15) is 34.5 Å². The molecule has 192 valence electrons. The molecule has 0 aromatic carbocycles. The van der Waals surface area contributed by atoms with Crippen LogP contribution in [0.25, 0.3) is 0 Å². The van der Waals surface area contributed by atoms with Gasteiger partial charge in [0, 0.05) is 31.1 Å². The summed E-state index contributed by atoms with van der Waals surface area (Å²) < 4.78 is 22.5. The second-order valence-corrected chi connectivity index (χ2v) is 10.9. The van der Waals surface area contributed by atoms with Crippen LogP contribution >= 0.6 is 0 Å². The van der Waals surface area contributed by atoms with Crippen LogP contribution in [0.1, 0.15) is 41.0 Å². The molecule has 2 saturated carbocycles. The predicted molar refractivity (Wildman–Crippen MR) is 113 cm³/mol. The lowest BCUT2D eigenvalue weighted by molar-refractivity contribution is -0.375. The number of aliphatic hydroxyl groups is 3. The summed E-state index contributed by atoms with van der Waals surface area (Å²) in [4.78, 5) is 50.1. The molecule has 5 rings (SSSR count). The minimum Gasteiger partial charge on any atom is -0.459 e. The standard InChI is InChI=1S/C24H30O11/c1-9-6-14(27)16(28)21(5)13(9)7-15-22-8-32-24(31,20(21)22)17(33-11(3)25)10(2)23(22,30)18(19(29)35-15)34-12(4)26/h6,10,13,15-18,20,28,30-31H,7-8H2,1-5H3/t10-,13-,15+,16+,17+,18-,20+,21+,22+,23-,24-/m0/s1. The molecule has 2 aliphatic heterocycles. The number of ether oxygens (including phenoxy) is 4. The summed E-state index contributed by atoms with van der Waals surface area (Å²) in [6, 6.07) is 0. The molecule has 4 fully saturated rings. The van der Waals surface area contributed by atoms with Gasteiger partial charge in [0.1, 0.15) is 17.8 Å². The molecule has 2 saturated heterocycles. The van der Waals surface area contributed by atoms with Gasteiger partial charge in [-0.15, -0.1) is 0 Å². The molecule has 3 N–H and O–H groups in total. The average molecular weight is 494 g/mol. The summed E-state index contributed by atoms with van der Waals surface area (Å²) in [7, 11) is 0. The van der Waals surface area contributed by atoms with E-state index in [1.807, 2.05) is 0 Å². The molecule has 1 spiro atoms. The molecule has 0 aromatic rings. The number of aliphatic hydroxyl groups excluding tert-OH is 1. The van der Waals surface area contributed by atoms with E-state index in [2.05, 4.69) is 0 Å². The van der Waals surface area contributed by atoms with E-state index in [4.69, 9.17) is 18.9 Å². The first-order chi connectivity index (χ1) is 16.2. The summed E-state index contributed by atoms with van der Waals surface area (Å²) >= 11 is 0. The maximum atomic E-state index is 13.2. The molecule has 11 heteroatoms. The van der Waals surface area contributed by atoms with Crippen molar-refractivity contribution < 1.29 is 53.4 Å². The van der Waals surface area contributed by atoms with Crippen LogP contribution in [-0.4, -0.2) is 81.4 Å². The molecule has 0 aromatic heterocycles. The fraction of sp³-hybridized carbons (Fsp3) is 0.750. The SMILES string of the molecule is CC(=O)O[C@@H]1[C@H](C)[C@]2(O)[C@@H](OC(C)=O)C(=O)O[C@@H]3C[C@H]4C(C)=CC(=O)[C@@H](O)[C@]4(C)[C@H]4[C@@]1(O)OC[C@]432. The first kappa shape index (κ1) is 24.4. The van der Waals surface area contributed by atoms with Gasteiger partial charge in [0.05, 0.1) is 12.0 Å². The molecule has 2 bridgehead atoms.